The smallest absolute Gasteiger partial charge is 0.271 e. The van der Waals surface area contributed by atoms with Crippen molar-refractivity contribution in [2.75, 3.05) is 33.0 Å². The van der Waals surface area contributed by atoms with Crippen LogP contribution < -0.4 is 10.6 Å². The number of carbonyl (C=O) groups excluding carboxylic acids is 2. The minimum Gasteiger partial charge on any atom is -0.362 e. The van der Waals surface area contributed by atoms with Crippen molar-refractivity contribution in [1.29, 1.82) is 0 Å². The fourth-order valence-corrected chi connectivity index (χ4v) is 5.79. The first-order valence-electron chi connectivity index (χ1n) is 14.5. The molecule has 0 aromatic heterocycles. The van der Waals surface area contributed by atoms with Gasteiger partial charge in [-0.1, -0.05) is 96.8 Å². The Morgan fingerprint density at radius 2 is 1.34 bits per heavy atom. The number of nitro benzene ring substituents is 1. The summed E-state index contributed by atoms with van der Waals surface area (Å²) in [5.41, 5.74) is -0.397. The van der Waals surface area contributed by atoms with Crippen LogP contribution in [-0.2, 0) is 9.59 Å². The number of rotatable bonds is 22. The van der Waals surface area contributed by atoms with Crippen LogP contribution in [0.15, 0.2) is 18.2 Å². The summed E-state index contributed by atoms with van der Waals surface area (Å²) in [5.74, 6) is -0.260. The summed E-state index contributed by atoms with van der Waals surface area (Å²) >= 11 is 0. The lowest BCUT2D eigenvalue weighted by molar-refractivity contribution is -0.861. The monoisotopic (exact) mass is 552 g/mol. The molecule has 0 bridgehead atoms. The van der Waals surface area contributed by atoms with E-state index in [4.69, 9.17) is 0 Å². The van der Waals surface area contributed by atoms with E-state index in [9.17, 15) is 24.6 Å². The van der Waals surface area contributed by atoms with E-state index in [1.54, 1.807) is 0 Å². The largest absolute Gasteiger partial charge is 0.362 e. The average Bonchev–Trinajstić information content (AvgIpc) is 2.84. The topological polar surface area (TPSA) is 110 Å². The van der Waals surface area contributed by atoms with Crippen molar-refractivity contribution in [2.24, 2.45) is 0 Å². The van der Waals surface area contributed by atoms with Crippen molar-refractivity contribution in [3.63, 3.8) is 0 Å². The van der Waals surface area contributed by atoms with Crippen molar-refractivity contribution in [3.8, 4) is 0 Å². The molecule has 38 heavy (non-hydrogen) atoms. The molecule has 0 aliphatic heterocycles. The standard InChI is InChI=1S/C29H50N3O5P/c1-5-6-7-8-9-10-11-12-13-14-15-16-17-18-19-20-28(33)30-26-23-25(31(35)36)21-22-27(26)38(37)29(34)24-32(2,3)4/h21-23,37H,5-20,24H2,1-4H3/p+1. The van der Waals surface area contributed by atoms with Crippen molar-refractivity contribution >= 4 is 36.3 Å². The van der Waals surface area contributed by atoms with Crippen LogP contribution in [0.2, 0.25) is 0 Å². The van der Waals surface area contributed by atoms with Gasteiger partial charge in [-0.25, -0.2) is 0 Å². The first-order chi connectivity index (χ1) is 18.0. The number of quaternary nitrogens is 1. The van der Waals surface area contributed by atoms with Gasteiger partial charge in [-0.15, -0.1) is 0 Å². The molecule has 1 aromatic carbocycles. The lowest BCUT2D eigenvalue weighted by Gasteiger charge is -2.24. The fraction of sp³-hybridized carbons (Fsp3) is 0.724. The number of unbranched alkanes of at least 4 members (excludes halogenated alkanes) is 14. The van der Waals surface area contributed by atoms with E-state index in [0.717, 1.165) is 19.3 Å². The Balaban J connectivity index is 2.35. The Hall–Kier alpha value is -1.89. The van der Waals surface area contributed by atoms with E-state index in [2.05, 4.69) is 12.2 Å². The molecule has 1 unspecified atom stereocenters. The van der Waals surface area contributed by atoms with Gasteiger partial charge in [0.15, 0.2) is 0 Å². The van der Waals surface area contributed by atoms with Gasteiger partial charge >= 0.3 is 0 Å². The van der Waals surface area contributed by atoms with Gasteiger partial charge < -0.3 is 14.7 Å². The second kappa shape index (κ2) is 19.2. The minimum absolute atomic E-state index is 0.117. The van der Waals surface area contributed by atoms with Crippen LogP contribution in [0, 0.1) is 10.1 Å². The zero-order chi connectivity index (χ0) is 28.4. The molecule has 1 amide bonds. The van der Waals surface area contributed by atoms with Crippen molar-refractivity contribution in [3.05, 3.63) is 28.3 Å². The minimum atomic E-state index is -2.21. The van der Waals surface area contributed by atoms with Crippen LogP contribution in [0.1, 0.15) is 110 Å². The van der Waals surface area contributed by atoms with E-state index < -0.39 is 13.1 Å². The Labute approximate surface area is 231 Å². The second-order valence-electron chi connectivity index (χ2n) is 11.4. The molecule has 0 saturated carbocycles. The fourth-order valence-electron chi connectivity index (χ4n) is 4.40. The molecule has 0 heterocycles. The predicted molar refractivity (Wildman–Crippen MR) is 158 cm³/mol. The quantitative estimate of drug-likeness (QED) is 0.0527. The highest BCUT2D eigenvalue weighted by atomic mass is 31.1. The van der Waals surface area contributed by atoms with Crippen molar-refractivity contribution in [2.45, 2.75) is 110 Å². The molecule has 1 rings (SSSR count). The van der Waals surface area contributed by atoms with Gasteiger partial charge in [-0.05, 0) is 12.5 Å². The molecule has 0 radical (unpaired) electrons. The van der Waals surface area contributed by atoms with Crippen LogP contribution in [0.25, 0.3) is 0 Å². The first kappa shape index (κ1) is 34.1. The summed E-state index contributed by atoms with van der Waals surface area (Å²) in [6.45, 7) is 2.37. The number of non-ortho nitro benzene ring substituents is 1. The van der Waals surface area contributed by atoms with Crippen LogP contribution in [0.5, 0.6) is 0 Å². The van der Waals surface area contributed by atoms with Gasteiger partial charge in [0, 0.05) is 23.9 Å². The number of hydrogen-bond donors (Lipinski definition) is 2. The highest BCUT2D eigenvalue weighted by molar-refractivity contribution is 7.76. The molecule has 0 spiro atoms. The predicted octanol–water partition coefficient (Wildman–Crippen LogP) is 7.04. The van der Waals surface area contributed by atoms with Gasteiger partial charge in [-0.2, -0.15) is 0 Å². The molecular formula is C29H51N3O5P+. The third-order valence-corrected chi connectivity index (χ3v) is 8.01. The summed E-state index contributed by atoms with van der Waals surface area (Å²) in [7, 11) is 3.32. The lowest BCUT2D eigenvalue weighted by Crippen LogP contribution is -2.39. The maximum absolute atomic E-state index is 12.6. The van der Waals surface area contributed by atoms with Crippen LogP contribution in [0.4, 0.5) is 11.4 Å². The number of benzene rings is 1. The molecular weight excluding hydrogens is 501 g/mol. The van der Waals surface area contributed by atoms with Crippen LogP contribution in [-0.4, -0.2) is 53.4 Å². The second-order valence-corrected chi connectivity index (χ2v) is 13.0. The summed E-state index contributed by atoms with van der Waals surface area (Å²) < 4.78 is 0.353. The SMILES string of the molecule is CCCCCCCCCCCCCCCCCC(=O)Nc1cc([N+](=O)[O-])ccc1P(O)C(=O)C[N+](C)(C)C. The third-order valence-electron chi connectivity index (χ3n) is 6.55. The molecule has 0 saturated heterocycles. The van der Waals surface area contributed by atoms with Gasteiger partial charge in [0.2, 0.25) is 11.4 Å². The maximum Gasteiger partial charge on any atom is 0.271 e. The normalized spacial score (nSPS) is 12.3. The maximum atomic E-state index is 12.6. The number of carbonyl (C=O) groups is 2. The van der Waals surface area contributed by atoms with Crippen LogP contribution in [0.3, 0.4) is 0 Å². The van der Waals surface area contributed by atoms with Gasteiger partial charge in [0.1, 0.15) is 14.7 Å². The Bertz CT molecular complexity index is 857. The molecule has 1 atom stereocenters. The summed E-state index contributed by atoms with van der Waals surface area (Å²) in [6, 6.07) is 3.86. The average molecular weight is 553 g/mol. The van der Waals surface area contributed by atoms with Gasteiger partial charge in [0.25, 0.3) is 5.69 Å². The molecule has 8 nitrogen and oxygen atoms in total. The van der Waals surface area contributed by atoms with E-state index in [-0.39, 0.29) is 34.7 Å². The van der Waals surface area contributed by atoms with Gasteiger partial charge in [0.05, 0.1) is 31.8 Å². The molecule has 2 N–H and O–H groups in total. The molecule has 1 aromatic rings. The number of hydrogen-bond acceptors (Lipinski definition) is 5. The highest BCUT2D eigenvalue weighted by Gasteiger charge is 2.27. The Morgan fingerprint density at radius 3 is 1.79 bits per heavy atom. The van der Waals surface area contributed by atoms with Gasteiger partial charge in [-0.3, -0.25) is 19.7 Å². The van der Waals surface area contributed by atoms with Crippen molar-refractivity contribution < 1.29 is 23.9 Å². The first-order valence-corrected chi connectivity index (χ1v) is 15.7. The molecule has 0 fully saturated rings. The molecule has 0 aliphatic carbocycles. The van der Waals surface area contributed by atoms with E-state index in [0.29, 0.717) is 10.9 Å². The zero-order valence-electron chi connectivity index (χ0n) is 24.2. The molecule has 216 valence electrons. The number of likely N-dealkylation sites (N-methyl/N-ethyl adjacent to an activating group) is 1. The summed E-state index contributed by atoms with van der Waals surface area (Å²) in [6.07, 6.45) is 19.0. The summed E-state index contributed by atoms with van der Waals surface area (Å²) in [4.78, 5) is 46.5. The third kappa shape index (κ3) is 15.5. The Morgan fingerprint density at radius 1 is 0.868 bits per heavy atom. The van der Waals surface area contributed by atoms with E-state index in [1.807, 2.05) is 21.1 Å². The highest BCUT2D eigenvalue weighted by Crippen LogP contribution is 2.35. The number of nitro groups is 1. The lowest BCUT2D eigenvalue weighted by atomic mass is 10.0. The number of anilines is 1. The van der Waals surface area contributed by atoms with Crippen molar-refractivity contribution in [1.82, 2.24) is 0 Å². The zero-order valence-corrected chi connectivity index (χ0v) is 25.1. The Kier molecular flexibility index (Phi) is 17.3. The molecule has 0 aliphatic rings. The number of nitrogens with one attached hydrogen (secondary N) is 1. The molecule has 9 heteroatoms. The summed E-state index contributed by atoms with van der Waals surface area (Å²) in [5, 5.41) is 14.2. The van der Waals surface area contributed by atoms with E-state index >= 15 is 0 Å². The van der Waals surface area contributed by atoms with E-state index in [1.165, 1.54) is 95.2 Å². The van der Waals surface area contributed by atoms with Crippen LogP contribution >= 0.6 is 8.15 Å². The number of amides is 1. The number of nitrogens with zero attached hydrogens (tertiary/aromatic N) is 2.